The molecule has 0 spiro atoms. The third kappa shape index (κ3) is 4.00. The molecule has 0 bridgehead atoms. The van der Waals surface area contributed by atoms with E-state index in [4.69, 9.17) is 0 Å². The first-order chi connectivity index (χ1) is 13.7. The molecule has 1 fully saturated rings. The molecule has 0 aromatic carbocycles. The molecule has 2 N–H and O–H groups in total. The maximum absolute atomic E-state index is 12.7. The van der Waals surface area contributed by atoms with Gasteiger partial charge in [0.15, 0.2) is 5.65 Å². The van der Waals surface area contributed by atoms with Crippen LogP contribution >= 0.6 is 0 Å². The molecule has 0 saturated heterocycles. The van der Waals surface area contributed by atoms with Crippen molar-refractivity contribution < 1.29 is 9.59 Å². The zero-order valence-electron chi connectivity index (χ0n) is 15.4. The molecule has 0 radical (unpaired) electrons. The number of anilines is 1. The highest BCUT2D eigenvalue weighted by molar-refractivity contribution is 5.99. The summed E-state index contributed by atoms with van der Waals surface area (Å²) in [5, 5.41) is 10.5. The van der Waals surface area contributed by atoms with E-state index in [1.54, 1.807) is 29.3 Å². The number of hydrogen-bond acceptors (Lipinski definition) is 6. The molecule has 3 aromatic rings. The summed E-state index contributed by atoms with van der Waals surface area (Å²) in [5.74, 6) is 0.610. The molecule has 0 unspecified atom stereocenters. The molecule has 0 atom stereocenters. The van der Waals surface area contributed by atoms with Gasteiger partial charge < -0.3 is 15.4 Å². The Bertz CT molecular complexity index is 963. The van der Waals surface area contributed by atoms with E-state index in [9.17, 15) is 9.59 Å². The highest BCUT2D eigenvalue weighted by Gasteiger charge is 2.24. The molecule has 4 rings (SSSR count). The molecule has 1 aliphatic rings. The second-order valence-electron chi connectivity index (χ2n) is 7.08. The van der Waals surface area contributed by atoms with Crippen LogP contribution in [0.3, 0.4) is 0 Å². The van der Waals surface area contributed by atoms with E-state index >= 15 is 0 Å². The van der Waals surface area contributed by atoms with Crippen molar-refractivity contribution in [1.82, 2.24) is 24.9 Å². The molecular weight excluding hydrogens is 356 g/mol. The van der Waals surface area contributed by atoms with E-state index in [0.29, 0.717) is 23.6 Å². The van der Waals surface area contributed by atoms with Crippen LogP contribution in [0.5, 0.6) is 0 Å². The quantitative estimate of drug-likeness (QED) is 0.638. The van der Waals surface area contributed by atoms with E-state index in [1.165, 1.54) is 0 Å². The van der Waals surface area contributed by atoms with Crippen LogP contribution in [0.1, 0.15) is 41.6 Å². The maximum atomic E-state index is 12.7. The fourth-order valence-electron chi connectivity index (χ4n) is 3.49. The van der Waals surface area contributed by atoms with Crippen LogP contribution in [0.25, 0.3) is 5.65 Å². The average Bonchev–Trinajstić information content (AvgIpc) is 3.17. The summed E-state index contributed by atoms with van der Waals surface area (Å²) in [5.41, 5.74) is 2.00. The van der Waals surface area contributed by atoms with Crippen molar-refractivity contribution in [1.29, 1.82) is 0 Å². The molecule has 8 heteroatoms. The summed E-state index contributed by atoms with van der Waals surface area (Å²) in [6.07, 6.45) is 11.2. The fourth-order valence-corrected chi connectivity index (χ4v) is 3.49. The monoisotopic (exact) mass is 378 g/mol. The maximum Gasteiger partial charge on any atom is 0.256 e. The molecule has 1 aliphatic carbocycles. The van der Waals surface area contributed by atoms with Gasteiger partial charge in [-0.2, -0.15) is 5.10 Å². The Morgan fingerprint density at radius 3 is 2.82 bits per heavy atom. The van der Waals surface area contributed by atoms with Gasteiger partial charge in [-0.05, 0) is 43.4 Å². The standard InChI is InChI=1S/C20H22N6O2/c27-13-14-3-5-16(6-4-14)24-20(28)17-12-23-26-9-7-18(25-19(17)26)22-11-15-2-1-8-21-10-15/h1-2,7-10,12-14,16H,3-6,11H2,(H,22,25)(H,24,28). The second-order valence-corrected chi connectivity index (χ2v) is 7.08. The van der Waals surface area contributed by atoms with Gasteiger partial charge in [0.25, 0.3) is 5.91 Å². The first-order valence-corrected chi connectivity index (χ1v) is 9.46. The van der Waals surface area contributed by atoms with Gasteiger partial charge in [-0.3, -0.25) is 9.78 Å². The minimum absolute atomic E-state index is 0.0885. The predicted molar refractivity (Wildman–Crippen MR) is 104 cm³/mol. The van der Waals surface area contributed by atoms with Crippen molar-refractivity contribution in [3.8, 4) is 0 Å². The third-order valence-corrected chi connectivity index (χ3v) is 5.11. The number of nitrogens with zero attached hydrogens (tertiary/aromatic N) is 4. The van der Waals surface area contributed by atoms with E-state index < -0.39 is 0 Å². The number of aromatic nitrogens is 4. The third-order valence-electron chi connectivity index (χ3n) is 5.11. The summed E-state index contributed by atoms with van der Waals surface area (Å²) < 4.78 is 1.59. The molecule has 0 aliphatic heterocycles. The Kier molecular flexibility index (Phi) is 5.27. The van der Waals surface area contributed by atoms with Crippen molar-refractivity contribution in [3.05, 3.63) is 54.1 Å². The number of carbonyl (C=O) groups excluding carboxylic acids is 2. The van der Waals surface area contributed by atoms with Gasteiger partial charge in [-0.15, -0.1) is 0 Å². The zero-order chi connectivity index (χ0) is 19.3. The van der Waals surface area contributed by atoms with Crippen LogP contribution in [0.2, 0.25) is 0 Å². The van der Waals surface area contributed by atoms with Gasteiger partial charge in [-0.25, -0.2) is 9.50 Å². The molecule has 3 aromatic heterocycles. The van der Waals surface area contributed by atoms with Crippen LogP contribution in [-0.2, 0) is 11.3 Å². The Hall–Kier alpha value is -3.29. The fraction of sp³-hybridized carbons (Fsp3) is 0.350. The number of fused-ring (bicyclic) bond motifs is 1. The molecule has 144 valence electrons. The second kappa shape index (κ2) is 8.16. The number of pyridine rings is 1. The van der Waals surface area contributed by atoms with Crippen LogP contribution in [-0.4, -0.2) is 37.8 Å². The van der Waals surface area contributed by atoms with Crippen LogP contribution in [0.15, 0.2) is 43.0 Å². The smallest absolute Gasteiger partial charge is 0.256 e. The van der Waals surface area contributed by atoms with E-state index in [2.05, 4.69) is 25.7 Å². The Balaban J connectivity index is 1.45. The lowest BCUT2D eigenvalue weighted by Crippen LogP contribution is -2.37. The van der Waals surface area contributed by atoms with Crippen LogP contribution in [0.4, 0.5) is 5.82 Å². The zero-order valence-corrected chi connectivity index (χ0v) is 15.4. The van der Waals surface area contributed by atoms with Gasteiger partial charge in [0, 0.05) is 37.1 Å². The molecule has 1 saturated carbocycles. The van der Waals surface area contributed by atoms with Gasteiger partial charge in [0.2, 0.25) is 0 Å². The van der Waals surface area contributed by atoms with Crippen molar-refractivity contribution in [2.75, 3.05) is 5.32 Å². The summed E-state index contributed by atoms with van der Waals surface area (Å²) in [6, 6.07) is 5.77. The SMILES string of the molecule is O=CC1CCC(NC(=O)c2cnn3ccc(NCc4cccnc4)nc23)CC1. The highest BCUT2D eigenvalue weighted by atomic mass is 16.1. The van der Waals surface area contributed by atoms with Crippen molar-refractivity contribution in [2.45, 2.75) is 38.3 Å². The molecule has 28 heavy (non-hydrogen) atoms. The van der Waals surface area contributed by atoms with E-state index in [0.717, 1.165) is 37.5 Å². The lowest BCUT2D eigenvalue weighted by molar-refractivity contribution is -0.111. The number of amides is 1. The first kappa shape index (κ1) is 18.1. The molecule has 3 heterocycles. The van der Waals surface area contributed by atoms with Gasteiger partial charge in [0.1, 0.15) is 17.7 Å². The van der Waals surface area contributed by atoms with Gasteiger partial charge in [0.05, 0.1) is 6.20 Å². The summed E-state index contributed by atoms with van der Waals surface area (Å²) >= 11 is 0. The lowest BCUT2D eigenvalue weighted by Gasteiger charge is -2.26. The summed E-state index contributed by atoms with van der Waals surface area (Å²) in [4.78, 5) is 32.3. The average molecular weight is 378 g/mol. The highest BCUT2D eigenvalue weighted by Crippen LogP contribution is 2.23. The van der Waals surface area contributed by atoms with Crippen LogP contribution < -0.4 is 10.6 Å². The van der Waals surface area contributed by atoms with E-state index in [-0.39, 0.29) is 17.9 Å². The van der Waals surface area contributed by atoms with Crippen molar-refractivity contribution >= 4 is 23.7 Å². The number of carbonyl (C=O) groups is 2. The number of hydrogen-bond donors (Lipinski definition) is 2. The van der Waals surface area contributed by atoms with Gasteiger partial charge >= 0.3 is 0 Å². The van der Waals surface area contributed by atoms with Crippen molar-refractivity contribution in [3.63, 3.8) is 0 Å². The predicted octanol–water partition coefficient (Wildman–Crippen LogP) is 2.22. The normalized spacial score (nSPS) is 19.3. The number of nitrogens with one attached hydrogen (secondary N) is 2. The Labute approximate surface area is 162 Å². The number of aldehydes is 1. The van der Waals surface area contributed by atoms with Crippen LogP contribution in [0, 0.1) is 5.92 Å². The lowest BCUT2D eigenvalue weighted by atomic mass is 9.87. The van der Waals surface area contributed by atoms with E-state index in [1.807, 2.05) is 18.2 Å². The van der Waals surface area contributed by atoms with Gasteiger partial charge in [-0.1, -0.05) is 6.07 Å². The largest absolute Gasteiger partial charge is 0.366 e. The first-order valence-electron chi connectivity index (χ1n) is 9.46. The molecule has 8 nitrogen and oxygen atoms in total. The minimum atomic E-state index is -0.179. The number of rotatable bonds is 6. The summed E-state index contributed by atoms with van der Waals surface area (Å²) in [7, 11) is 0. The molecule has 1 amide bonds. The van der Waals surface area contributed by atoms with Crippen molar-refractivity contribution in [2.24, 2.45) is 5.92 Å². The minimum Gasteiger partial charge on any atom is -0.366 e. The Morgan fingerprint density at radius 2 is 2.07 bits per heavy atom. The molecular formula is C20H22N6O2. The topological polar surface area (TPSA) is 101 Å². The Morgan fingerprint density at radius 1 is 1.21 bits per heavy atom. The summed E-state index contributed by atoms with van der Waals surface area (Å²) in [6.45, 7) is 0.590.